The van der Waals surface area contributed by atoms with Gasteiger partial charge in [0.2, 0.25) is 11.8 Å². The van der Waals surface area contributed by atoms with Crippen LogP contribution in [-0.4, -0.2) is 48.7 Å². The summed E-state index contributed by atoms with van der Waals surface area (Å²) < 4.78 is 5.18. The Morgan fingerprint density at radius 2 is 1.73 bits per heavy atom. The van der Waals surface area contributed by atoms with Crippen LogP contribution in [0.1, 0.15) is 31.9 Å². The average molecular weight is 365 g/mol. The van der Waals surface area contributed by atoms with Gasteiger partial charge < -0.3 is 26.2 Å². The van der Waals surface area contributed by atoms with Gasteiger partial charge in [-0.15, -0.1) is 0 Å². The molecule has 0 saturated heterocycles. The molecule has 0 aliphatic heterocycles. The first-order chi connectivity index (χ1) is 12.3. The summed E-state index contributed by atoms with van der Waals surface area (Å²) in [6, 6.07) is 6.89. The second-order valence-electron chi connectivity index (χ2n) is 6.36. The normalized spacial score (nSPS) is 14.3. The maximum absolute atomic E-state index is 12.7. The molecule has 0 unspecified atom stereocenters. The Hall–Kier alpha value is -2.45. The molecule has 0 aromatic heterocycles. The molecule has 0 fully saturated rings. The standard InChI is InChI=1S/C18H27N3O5/c1-11(2)16(21-17(24)13(19)9-15(22)23)18(25)20-14(10-26-3)12-7-5-4-6-8-12/h4-8,11,13-14,16H,9-10,19H2,1-3H3,(H,20,25)(H,21,24)(H,22,23)/t13-,14+,16+/m0/s1. The molecule has 2 amide bonds. The van der Waals surface area contributed by atoms with E-state index in [0.29, 0.717) is 0 Å². The van der Waals surface area contributed by atoms with Gasteiger partial charge in [-0.05, 0) is 11.5 Å². The van der Waals surface area contributed by atoms with E-state index in [-0.39, 0.29) is 24.5 Å². The van der Waals surface area contributed by atoms with Crippen LogP contribution in [-0.2, 0) is 19.1 Å². The maximum atomic E-state index is 12.7. The number of hydrogen-bond donors (Lipinski definition) is 4. The van der Waals surface area contributed by atoms with Gasteiger partial charge in [0.25, 0.3) is 0 Å². The molecule has 0 saturated carbocycles. The third kappa shape index (κ3) is 6.81. The molecular weight excluding hydrogens is 338 g/mol. The summed E-state index contributed by atoms with van der Waals surface area (Å²) in [5.74, 6) is -2.46. The highest BCUT2D eigenvalue weighted by Gasteiger charge is 2.29. The van der Waals surface area contributed by atoms with Crippen LogP contribution in [0.2, 0.25) is 0 Å². The van der Waals surface area contributed by atoms with E-state index in [9.17, 15) is 14.4 Å². The average Bonchev–Trinajstić information content (AvgIpc) is 2.58. The van der Waals surface area contributed by atoms with Gasteiger partial charge in [-0.1, -0.05) is 44.2 Å². The van der Waals surface area contributed by atoms with Gasteiger partial charge in [0, 0.05) is 7.11 Å². The lowest BCUT2D eigenvalue weighted by molar-refractivity contribution is -0.139. The molecule has 0 aliphatic carbocycles. The molecule has 1 aromatic carbocycles. The van der Waals surface area contributed by atoms with Crippen molar-refractivity contribution in [2.45, 2.75) is 38.4 Å². The summed E-state index contributed by atoms with van der Waals surface area (Å²) in [5, 5.41) is 14.1. The first-order valence-electron chi connectivity index (χ1n) is 8.38. The summed E-state index contributed by atoms with van der Waals surface area (Å²) in [4.78, 5) is 35.4. The first-order valence-corrected chi connectivity index (χ1v) is 8.38. The van der Waals surface area contributed by atoms with Crippen molar-refractivity contribution in [3.8, 4) is 0 Å². The lowest BCUT2D eigenvalue weighted by Crippen LogP contribution is -2.54. The number of amides is 2. The molecule has 1 aromatic rings. The summed E-state index contributed by atoms with van der Waals surface area (Å²) >= 11 is 0. The van der Waals surface area contributed by atoms with E-state index in [1.54, 1.807) is 13.8 Å². The first kappa shape index (κ1) is 21.6. The summed E-state index contributed by atoms with van der Waals surface area (Å²) in [6.07, 6.45) is -0.505. The number of hydrogen-bond acceptors (Lipinski definition) is 5. The zero-order valence-corrected chi connectivity index (χ0v) is 15.3. The molecule has 8 nitrogen and oxygen atoms in total. The highest BCUT2D eigenvalue weighted by Crippen LogP contribution is 2.14. The summed E-state index contributed by atoms with van der Waals surface area (Å²) in [6.45, 7) is 3.83. The smallest absolute Gasteiger partial charge is 0.305 e. The van der Waals surface area contributed by atoms with Gasteiger partial charge in [-0.2, -0.15) is 0 Å². The van der Waals surface area contributed by atoms with Gasteiger partial charge in [0.05, 0.1) is 25.1 Å². The Balaban J connectivity index is 2.83. The van der Waals surface area contributed by atoms with Crippen molar-refractivity contribution < 1.29 is 24.2 Å². The highest BCUT2D eigenvalue weighted by atomic mass is 16.5. The predicted molar refractivity (Wildman–Crippen MR) is 96.2 cm³/mol. The third-order valence-corrected chi connectivity index (χ3v) is 3.83. The van der Waals surface area contributed by atoms with Crippen LogP contribution in [0.25, 0.3) is 0 Å². The number of rotatable bonds is 10. The molecule has 0 aliphatic rings. The topological polar surface area (TPSA) is 131 Å². The summed E-state index contributed by atoms with van der Waals surface area (Å²) in [5.41, 5.74) is 6.44. The van der Waals surface area contributed by atoms with Crippen LogP contribution in [0.4, 0.5) is 0 Å². The van der Waals surface area contributed by atoms with E-state index in [2.05, 4.69) is 10.6 Å². The van der Waals surface area contributed by atoms with E-state index in [0.717, 1.165) is 5.56 Å². The number of nitrogens with two attached hydrogens (primary N) is 1. The van der Waals surface area contributed by atoms with Gasteiger partial charge in [-0.3, -0.25) is 14.4 Å². The molecule has 1 rings (SSSR count). The minimum absolute atomic E-state index is 0.213. The number of aliphatic carboxylic acids is 1. The van der Waals surface area contributed by atoms with Crippen molar-refractivity contribution in [2.75, 3.05) is 13.7 Å². The molecule has 0 spiro atoms. The summed E-state index contributed by atoms with van der Waals surface area (Å²) in [7, 11) is 1.54. The molecule has 8 heteroatoms. The minimum atomic E-state index is -1.22. The van der Waals surface area contributed by atoms with Gasteiger partial charge in [0.15, 0.2) is 0 Å². The molecule has 5 N–H and O–H groups in total. The lowest BCUT2D eigenvalue weighted by atomic mass is 10.0. The van der Waals surface area contributed by atoms with Crippen molar-refractivity contribution in [2.24, 2.45) is 11.7 Å². The number of ether oxygens (including phenoxy) is 1. The fourth-order valence-electron chi connectivity index (χ4n) is 2.41. The second kappa shape index (κ2) is 10.5. The zero-order chi connectivity index (χ0) is 19.7. The van der Waals surface area contributed by atoms with Crippen molar-refractivity contribution in [3.05, 3.63) is 35.9 Å². The number of carbonyl (C=O) groups excluding carboxylic acids is 2. The Kier molecular flexibility index (Phi) is 8.74. The van der Waals surface area contributed by atoms with Crippen LogP contribution in [0.3, 0.4) is 0 Å². The fraction of sp³-hybridized carbons (Fsp3) is 0.500. The maximum Gasteiger partial charge on any atom is 0.305 e. The number of carboxylic acid groups (broad SMARTS) is 1. The van der Waals surface area contributed by atoms with Gasteiger partial charge in [0.1, 0.15) is 6.04 Å². The third-order valence-electron chi connectivity index (χ3n) is 3.83. The van der Waals surface area contributed by atoms with Gasteiger partial charge in [-0.25, -0.2) is 0 Å². The van der Waals surface area contributed by atoms with Gasteiger partial charge >= 0.3 is 5.97 Å². The fourth-order valence-corrected chi connectivity index (χ4v) is 2.41. The van der Waals surface area contributed by atoms with E-state index >= 15 is 0 Å². The molecule has 0 bridgehead atoms. The molecule has 26 heavy (non-hydrogen) atoms. The van der Waals surface area contributed by atoms with E-state index in [1.165, 1.54) is 7.11 Å². The lowest BCUT2D eigenvalue weighted by Gasteiger charge is -2.26. The van der Waals surface area contributed by atoms with E-state index in [4.69, 9.17) is 15.6 Å². The van der Waals surface area contributed by atoms with Crippen LogP contribution in [0.15, 0.2) is 30.3 Å². The molecule has 3 atom stereocenters. The molecule has 0 radical (unpaired) electrons. The largest absolute Gasteiger partial charge is 0.481 e. The number of methoxy groups -OCH3 is 1. The Labute approximate surface area is 153 Å². The van der Waals surface area contributed by atoms with E-state index in [1.807, 2.05) is 30.3 Å². The van der Waals surface area contributed by atoms with Crippen LogP contribution in [0, 0.1) is 5.92 Å². The number of carboxylic acids is 1. The number of benzene rings is 1. The van der Waals surface area contributed by atoms with Crippen LogP contribution in [0.5, 0.6) is 0 Å². The second-order valence-corrected chi connectivity index (χ2v) is 6.36. The van der Waals surface area contributed by atoms with Crippen LogP contribution < -0.4 is 16.4 Å². The quantitative estimate of drug-likeness (QED) is 0.476. The Bertz CT molecular complexity index is 606. The van der Waals surface area contributed by atoms with Crippen molar-refractivity contribution in [3.63, 3.8) is 0 Å². The van der Waals surface area contributed by atoms with Crippen LogP contribution >= 0.6 is 0 Å². The predicted octanol–water partition coefficient (Wildman–Crippen LogP) is 0.433. The van der Waals surface area contributed by atoms with Crippen molar-refractivity contribution in [1.82, 2.24) is 10.6 Å². The molecule has 0 heterocycles. The zero-order valence-electron chi connectivity index (χ0n) is 15.3. The van der Waals surface area contributed by atoms with Crippen molar-refractivity contribution >= 4 is 17.8 Å². The highest BCUT2D eigenvalue weighted by molar-refractivity contribution is 5.91. The monoisotopic (exact) mass is 365 g/mol. The Morgan fingerprint density at radius 1 is 1.12 bits per heavy atom. The van der Waals surface area contributed by atoms with Crippen molar-refractivity contribution in [1.29, 1.82) is 0 Å². The van der Waals surface area contributed by atoms with E-state index < -0.39 is 30.4 Å². The number of nitrogens with one attached hydrogen (secondary N) is 2. The Morgan fingerprint density at radius 3 is 2.23 bits per heavy atom. The number of carbonyl (C=O) groups is 3. The molecular formula is C18H27N3O5. The SMILES string of the molecule is COC[C@@H](NC(=O)[C@H](NC(=O)[C@@H](N)CC(=O)O)C(C)C)c1ccccc1. The molecule has 144 valence electrons. The minimum Gasteiger partial charge on any atom is -0.481 e.